The molecule has 136 valence electrons. The number of rotatable bonds is 3. The smallest absolute Gasteiger partial charge is 0.226 e. The molecule has 3 heterocycles. The van der Waals surface area contributed by atoms with Gasteiger partial charge in [0.25, 0.3) is 0 Å². The molecule has 0 amide bonds. The van der Waals surface area contributed by atoms with E-state index in [0.717, 1.165) is 28.3 Å². The minimum atomic E-state index is -0.320. The van der Waals surface area contributed by atoms with Crippen molar-refractivity contribution in [3.8, 4) is 5.75 Å². The summed E-state index contributed by atoms with van der Waals surface area (Å²) in [4.78, 5) is 17.5. The summed E-state index contributed by atoms with van der Waals surface area (Å²) in [6.45, 7) is 0. The Balaban J connectivity index is 1.62. The van der Waals surface area contributed by atoms with Crippen LogP contribution in [-0.2, 0) is 4.79 Å². The molecule has 2 aliphatic rings. The van der Waals surface area contributed by atoms with E-state index in [1.54, 1.807) is 18.1 Å². The normalized spacial score (nSPS) is 21.4. The van der Waals surface area contributed by atoms with E-state index in [1.807, 2.05) is 36.4 Å². The third kappa shape index (κ3) is 2.54. The van der Waals surface area contributed by atoms with Gasteiger partial charge in [0.05, 0.1) is 13.4 Å². The van der Waals surface area contributed by atoms with Crippen LogP contribution in [0.25, 0.3) is 0 Å². The van der Waals surface area contributed by atoms with Gasteiger partial charge in [-0.2, -0.15) is 10.1 Å². The standard InChI is InChI=1S/C20H18N4O3/c1-26-14-5-2-4-12(8-14)19-18-15(23-20-21-11-22-24(19)20)9-13(10-16(18)25)17-6-3-7-27-17/h2-8,11,13,19H,9-10H2,1H3,(H,21,22,23)/t13-,19-/m1/s1. The highest BCUT2D eigenvalue weighted by Gasteiger charge is 2.39. The van der Waals surface area contributed by atoms with Crippen LogP contribution in [0.1, 0.15) is 36.1 Å². The second-order valence-corrected chi connectivity index (χ2v) is 6.77. The highest BCUT2D eigenvalue weighted by molar-refractivity contribution is 6.00. The number of anilines is 1. The lowest BCUT2D eigenvalue weighted by atomic mass is 9.79. The Kier molecular flexibility index (Phi) is 3.60. The van der Waals surface area contributed by atoms with Crippen LogP contribution in [0.4, 0.5) is 5.95 Å². The van der Waals surface area contributed by atoms with Gasteiger partial charge in [-0.1, -0.05) is 12.1 Å². The number of carbonyl (C=O) groups is 1. The minimum Gasteiger partial charge on any atom is -0.497 e. The number of aromatic nitrogens is 3. The molecule has 0 saturated heterocycles. The van der Waals surface area contributed by atoms with Crippen molar-refractivity contribution >= 4 is 11.7 Å². The molecular weight excluding hydrogens is 344 g/mol. The molecule has 2 aromatic heterocycles. The number of nitrogens with zero attached hydrogens (tertiary/aromatic N) is 3. The van der Waals surface area contributed by atoms with Gasteiger partial charge in [-0.15, -0.1) is 0 Å². The lowest BCUT2D eigenvalue weighted by Crippen LogP contribution is -2.33. The Morgan fingerprint density at radius 3 is 3.00 bits per heavy atom. The second kappa shape index (κ2) is 6.12. The SMILES string of the molecule is COc1cccc([C@@H]2C3=C(C[C@@H](c4ccco4)CC3=O)Nc3ncnn32)c1. The van der Waals surface area contributed by atoms with Crippen molar-refractivity contribution in [1.29, 1.82) is 0 Å². The maximum absolute atomic E-state index is 13.2. The van der Waals surface area contributed by atoms with Crippen LogP contribution in [0.15, 0.2) is 64.7 Å². The van der Waals surface area contributed by atoms with Crippen molar-refractivity contribution < 1.29 is 13.9 Å². The maximum atomic E-state index is 13.2. The molecule has 1 aliphatic heterocycles. The molecule has 5 rings (SSSR count). The van der Waals surface area contributed by atoms with E-state index in [-0.39, 0.29) is 17.7 Å². The first-order valence-electron chi connectivity index (χ1n) is 8.84. The third-order valence-electron chi connectivity index (χ3n) is 5.22. The van der Waals surface area contributed by atoms with Gasteiger partial charge in [-0.25, -0.2) is 4.68 Å². The zero-order valence-corrected chi connectivity index (χ0v) is 14.8. The first-order valence-corrected chi connectivity index (χ1v) is 8.84. The number of ketones is 1. The summed E-state index contributed by atoms with van der Waals surface area (Å²) in [6.07, 6.45) is 4.26. The van der Waals surface area contributed by atoms with Crippen molar-refractivity contribution in [2.45, 2.75) is 24.8 Å². The van der Waals surface area contributed by atoms with E-state index in [1.165, 1.54) is 6.33 Å². The van der Waals surface area contributed by atoms with Gasteiger partial charge in [0.2, 0.25) is 5.95 Å². The van der Waals surface area contributed by atoms with Crippen LogP contribution < -0.4 is 10.1 Å². The molecule has 1 N–H and O–H groups in total. The Bertz CT molecular complexity index is 1040. The molecule has 0 bridgehead atoms. The van der Waals surface area contributed by atoms with E-state index < -0.39 is 0 Å². The molecule has 0 unspecified atom stereocenters. The van der Waals surface area contributed by atoms with Crippen LogP contribution in [0.5, 0.6) is 5.75 Å². The van der Waals surface area contributed by atoms with Crippen molar-refractivity contribution in [3.05, 3.63) is 71.6 Å². The highest BCUT2D eigenvalue weighted by Crippen LogP contribution is 2.44. The summed E-state index contributed by atoms with van der Waals surface area (Å²) in [6, 6.07) is 11.2. The fraction of sp³-hybridized carbons (Fsp3) is 0.250. The quantitative estimate of drug-likeness (QED) is 0.770. The second-order valence-electron chi connectivity index (χ2n) is 6.77. The highest BCUT2D eigenvalue weighted by atomic mass is 16.5. The number of hydrogen-bond acceptors (Lipinski definition) is 6. The van der Waals surface area contributed by atoms with Gasteiger partial charge in [0, 0.05) is 23.6 Å². The van der Waals surface area contributed by atoms with Crippen LogP contribution in [0, 0.1) is 0 Å². The van der Waals surface area contributed by atoms with Gasteiger partial charge in [0.15, 0.2) is 5.78 Å². The number of nitrogens with one attached hydrogen (secondary N) is 1. The van der Waals surface area contributed by atoms with Gasteiger partial charge in [-0.05, 0) is 36.2 Å². The topological polar surface area (TPSA) is 82.2 Å². The van der Waals surface area contributed by atoms with Crippen molar-refractivity contribution in [3.63, 3.8) is 0 Å². The predicted molar refractivity (Wildman–Crippen MR) is 97.5 cm³/mol. The third-order valence-corrected chi connectivity index (χ3v) is 5.22. The zero-order chi connectivity index (χ0) is 18.4. The molecule has 0 saturated carbocycles. The summed E-state index contributed by atoms with van der Waals surface area (Å²) in [5.74, 6) is 2.33. The van der Waals surface area contributed by atoms with E-state index >= 15 is 0 Å². The minimum absolute atomic E-state index is 0.0270. The summed E-state index contributed by atoms with van der Waals surface area (Å²) in [5.41, 5.74) is 2.57. The lowest BCUT2D eigenvalue weighted by Gasteiger charge is -2.34. The Morgan fingerprint density at radius 2 is 2.19 bits per heavy atom. The average Bonchev–Trinajstić information content (AvgIpc) is 3.38. The number of hydrogen-bond donors (Lipinski definition) is 1. The van der Waals surface area contributed by atoms with Crippen LogP contribution in [0.3, 0.4) is 0 Å². The fourth-order valence-corrected chi connectivity index (χ4v) is 4.00. The Morgan fingerprint density at radius 1 is 1.26 bits per heavy atom. The fourth-order valence-electron chi connectivity index (χ4n) is 4.00. The maximum Gasteiger partial charge on any atom is 0.226 e. The van der Waals surface area contributed by atoms with E-state index in [4.69, 9.17) is 9.15 Å². The Hall–Kier alpha value is -3.35. The van der Waals surface area contributed by atoms with E-state index in [2.05, 4.69) is 15.4 Å². The van der Waals surface area contributed by atoms with Gasteiger partial charge >= 0.3 is 0 Å². The average molecular weight is 362 g/mol. The molecular formula is C20H18N4O3. The molecule has 0 radical (unpaired) electrons. The van der Waals surface area contributed by atoms with Crippen molar-refractivity contribution in [2.75, 3.05) is 12.4 Å². The number of fused-ring (bicyclic) bond motifs is 1. The molecule has 1 aliphatic carbocycles. The van der Waals surface area contributed by atoms with Gasteiger partial charge in [0.1, 0.15) is 23.9 Å². The van der Waals surface area contributed by atoms with Crippen LogP contribution >= 0.6 is 0 Å². The number of methoxy groups -OCH3 is 1. The summed E-state index contributed by atoms with van der Waals surface area (Å²) < 4.78 is 12.7. The zero-order valence-electron chi connectivity index (χ0n) is 14.8. The summed E-state index contributed by atoms with van der Waals surface area (Å²) >= 11 is 0. The largest absolute Gasteiger partial charge is 0.497 e. The molecule has 0 fully saturated rings. The number of furan rings is 1. The monoisotopic (exact) mass is 362 g/mol. The summed E-state index contributed by atoms with van der Waals surface area (Å²) in [5, 5.41) is 7.67. The van der Waals surface area contributed by atoms with Gasteiger partial charge < -0.3 is 14.5 Å². The molecule has 0 spiro atoms. The lowest BCUT2D eigenvalue weighted by molar-refractivity contribution is -0.117. The number of benzene rings is 1. The number of ether oxygens (including phenoxy) is 1. The van der Waals surface area contributed by atoms with Gasteiger partial charge in [-0.3, -0.25) is 4.79 Å². The molecule has 2 atom stereocenters. The van der Waals surface area contributed by atoms with Crippen LogP contribution in [0.2, 0.25) is 0 Å². The molecule has 3 aromatic rings. The van der Waals surface area contributed by atoms with E-state index in [0.29, 0.717) is 18.8 Å². The van der Waals surface area contributed by atoms with Crippen LogP contribution in [-0.4, -0.2) is 27.7 Å². The first kappa shape index (κ1) is 15.9. The van der Waals surface area contributed by atoms with Crippen molar-refractivity contribution in [2.24, 2.45) is 0 Å². The summed E-state index contributed by atoms with van der Waals surface area (Å²) in [7, 11) is 1.63. The predicted octanol–water partition coefficient (Wildman–Crippen LogP) is 3.30. The molecule has 7 heteroatoms. The number of carbonyl (C=O) groups excluding carboxylic acids is 1. The molecule has 27 heavy (non-hydrogen) atoms. The number of Topliss-reactive ketones (excluding diaryl/α,β-unsaturated/α-hetero) is 1. The first-order chi connectivity index (χ1) is 13.2. The van der Waals surface area contributed by atoms with E-state index in [9.17, 15) is 4.79 Å². The number of allylic oxidation sites excluding steroid dienone is 2. The van der Waals surface area contributed by atoms with Crippen molar-refractivity contribution in [1.82, 2.24) is 14.8 Å². The Labute approximate surface area is 155 Å². The molecule has 7 nitrogen and oxygen atoms in total. The molecule has 1 aromatic carbocycles.